The van der Waals surface area contributed by atoms with Crippen molar-refractivity contribution in [2.45, 2.75) is 31.9 Å². The van der Waals surface area contributed by atoms with Crippen LogP contribution in [0.15, 0.2) is 42.0 Å². The van der Waals surface area contributed by atoms with Crippen LogP contribution in [-0.4, -0.2) is 24.8 Å². The van der Waals surface area contributed by atoms with Gasteiger partial charge in [-0.1, -0.05) is 18.2 Å². The van der Waals surface area contributed by atoms with Gasteiger partial charge in [-0.3, -0.25) is 10.1 Å². The lowest BCUT2D eigenvalue weighted by atomic mass is 9.73. The Kier molecular flexibility index (Phi) is 3.54. The molecular weight excluding hydrogens is 344 g/mol. The van der Waals surface area contributed by atoms with E-state index in [9.17, 15) is 10.1 Å². The first kappa shape index (κ1) is 17.4. The summed E-state index contributed by atoms with van der Waals surface area (Å²) in [6.07, 6.45) is 1.97. The fraction of sp³-hybridized carbons (Fsp3) is 0.333. The van der Waals surface area contributed by atoms with E-state index >= 15 is 0 Å². The number of hydrogen-bond acceptors (Lipinski definition) is 5. The molecule has 140 valence electrons. The van der Waals surface area contributed by atoms with Gasteiger partial charge < -0.3 is 14.4 Å². The van der Waals surface area contributed by atoms with Crippen LogP contribution in [0.2, 0.25) is 0 Å². The topological polar surface area (TPSA) is 64.8 Å². The Hall–Kier alpha value is -3.02. The number of likely N-dealkylation sites (N-methyl/N-ethyl adjacent to an activating group) is 1. The smallest absolute Gasteiger partial charge is 0.315 e. The molecule has 0 radical (unpaired) electrons. The zero-order valence-electron chi connectivity index (χ0n) is 16.1. The molecule has 0 fully saturated rings. The van der Waals surface area contributed by atoms with E-state index in [0.29, 0.717) is 11.3 Å². The molecule has 6 nitrogen and oxygen atoms in total. The number of hydrogen-bond donors (Lipinski definition) is 0. The molecule has 2 aliphatic heterocycles. The van der Waals surface area contributed by atoms with Gasteiger partial charge in [0.05, 0.1) is 23.5 Å². The van der Waals surface area contributed by atoms with Gasteiger partial charge in [-0.2, -0.15) is 0 Å². The maximum absolute atomic E-state index is 11.7. The quantitative estimate of drug-likeness (QED) is 0.577. The third-order valence-corrected chi connectivity index (χ3v) is 5.92. The molecule has 27 heavy (non-hydrogen) atoms. The van der Waals surface area contributed by atoms with Crippen LogP contribution in [0.25, 0.3) is 6.08 Å². The number of para-hydroxylation sites is 1. The number of nitro benzene ring substituents is 1. The molecule has 2 aromatic carbocycles. The molecule has 1 unspecified atom stereocenters. The largest absolute Gasteiger partial charge is 0.496 e. The fourth-order valence-electron chi connectivity index (χ4n) is 4.66. The lowest BCUT2D eigenvalue weighted by Gasteiger charge is -2.48. The minimum absolute atomic E-state index is 0.0902. The summed E-state index contributed by atoms with van der Waals surface area (Å²) in [4.78, 5) is 13.4. The predicted molar refractivity (Wildman–Crippen MR) is 105 cm³/mol. The van der Waals surface area contributed by atoms with Crippen molar-refractivity contribution in [3.8, 4) is 11.5 Å². The summed E-state index contributed by atoms with van der Waals surface area (Å²) in [5, 5.41) is 11.7. The van der Waals surface area contributed by atoms with E-state index in [4.69, 9.17) is 9.47 Å². The summed E-state index contributed by atoms with van der Waals surface area (Å²) in [7, 11) is 3.48. The van der Waals surface area contributed by atoms with Crippen molar-refractivity contribution in [3.63, 3.8) is 0 Å². The highest BCUT2D eigenvalue weighted by atomic mass is 16.6. The Morgan fingerprint density at radius 2 is 1.93 bits per heavy atom. The molecule has 4 rings (SSSR count). The van der Waals surface area contributed by atoms with E-state index in [1.165, 1.54) is 13.2 Å². The molecular formula is C21H22N2O4. The predicted octanol–water partition coefficient (Wildman–Crippen LogP) is 4.52. The van der Waals surface area contributed by atoms with Crippen LogP contribution in [0, 0.1) is 10.1 Å². The molecule has 2 aliphatic rings. The van der Waals surface area contributed by atoms with E-state index in [1.807, 2.05) is 32.2 Å². The van der Waals surface area contributed by atoms with Gasteiger partial charge in [-0.15, -0.1) is 0 Å². The second kappa shape index (κ2) is 5.49. The Morgan fingerprint density at radius 3 is 2.56 bits per heavy atom. The van der Waals surface area contributed by atoms with Gasteiger partial charge in [0.25, 0.3) is 0 Å². The molecule has 2 aromatic rings. The normalized spacial score (nSPS) is 22.0. The Bertz CT molecular complexity index is 996. The standard InChI is InChI=1S/C21H22N2O4/c1-13-10-14-11-15(26-5)12-18(23(24)25)19(14)27-21(13)20(2,3)16-8-6-7-9-17(16)22(21)4/h6-12H,1-5H3. The first-order valence-corrected chi connectivity index (χ1v) is 8.81. The maximum Gasteiger partial charge on any atom is 0.315 e. The lowest BCUT2D eigenvalue weighted by molar-refractivity contribution is -0.386. The van der Waals surface area contributed by atoms with E-state index in [0.717, 1.165) is 16.8 Å². The Balaban J connectivity index is 1.98. The number of fused-ring (bicyclic) bond motifs is 2. The summed E-state index contributed by atoms with van der Waals surface area (Å²) in [6, 6.07) is 11.3. The molecule has 0 amide bonds. The van der Waals surface area contributed by atoms with Crippen LogP contribution in [0.3, 0.4) is 0 Å². The van der Waals surface area contributed by atoms with Crippen molar-refractivity contribution in [3.05, 3.63) is 63.2 Å². The SMILES string of the molecule is COc1cc2c(c([N+](=O)[O-])c1)OC1(C(C)=C2)N(C)c2ccccc2C1(C)C. The second-order valence-electron chi connectivity index (χ2n) is 7.60. The Morgan fingerprint density at radius 1 is 1.22 bits per heavy atom. The summed E-state index contributed by atoms with van der Waals surface area (Å²) >= 11 is 0. The summed E-state index contributed by atoms with van der Waals surface area (Å²) in [6.45, 7) is 6.25. The minimum atomic E-state index is -0.844. The molecule has 0 saturated heterocycles. The summed E-state index contributed by atoms with van der Waals surface area (Å²) in [5.74, 6) is 0.713. The average Bonchev–Trinajstić information content (AvgIpc) is 2.81. The average molecular weight is 366 g/mol. The molecule has 0 N–H and O–H groups in total. The number of methoxy groups -OCH3 is 1. The van der Waals surface area contributed by atoms with E-state index in [1.54, 1.807) is 6.07 Å². The molecule has 2 heterocycles. The van der Waals surface area contributed by atoms with Crippen molar-refractivity contribution in [2.75, 3.05) is 19.1 Å². The van der Waals surface area contributed by atoms with Crippen molar-refractivity contribution in [1.82, 2.24) is 0 Å². The third-order valence-electron chi connectivity index (χ3n) is 5.92. The van der Waals surface area contributed by atoms with Gasteiger partial charge in [0.2, 0.25) is 11.5 Å². The summed E-state index contributed by atoms with van der Waals surface area (Å²) < 4.78 is 11.8. The highest BCUT2D eigenvalue weighted by molar-refractivity contribution is 5.77. The fourth-order valence-corrected chi connectivity index (χ4v) is 4.66. The second-order valence-corrected chi connectivity index (χ2v) is 7.60. The molecule has 1 atom stereocenters. The number of nitrogens with zero attached hydrogens (tertiary/aromatic N) is 2. The number of anilines is 1. The third kappa shape index (κ3) is 2.07. The first-order chi connectivity index (χ1) is 12.7. The zero-order valence-corrected chi connectivity index (χ0v) is 16.1. The summed E-state index contributed by atoms with van der Waals surface area (Å²) in [5.41, 5.74) is 2.51. The van der Waals surface area contributed by atoms with Crippen LogP contribution in [0.4, 0.5) is 11.4 Å². The monoisotopic (exact) mass is 366 g/mol. The van der Waals surface area contributed by atoms with Crippen LogP contribution in [0.1, 0.15) is 31.9 Å². The van der Waals surface area contributed by atoms with Gasteiger partial charge in [-0.25, -0.2) is 0 Å². The number of nitro groups is 1. The van der Waals surface area contributed by atoms with Crippen LogP contribution < -0.4 is 14.4 Å². The van der Waals surface area contributed by atoms with E-state index in [-0.39, 0.29) is 11.4 Å². The number of ether oxygens (including phenoxy) is 2. The Labute approximate surface area is 158 Å². The van der Waals surface area contributed by atoms with Gasteiger partial charge in [0, 0.05) is 18.3 Å². The van der Waals surface area contributed by atoms with Crippen LogP contribution in [0.5, 0.6) is 11.5 Å². The zero-order chi connectivity index (χ0) is 19.6. The highest BCUT2D eigenvalue weighted by Crippen LogP contribution is 2.58. The van der Waals surface area contributed by atoms with Crippen molar-refractivity contribution in [2.24, 2.45) is 0 Å². The maximum atomic E-state index is 11.7. The van der Waals surface area contributed by atoms with Crippen molar-refractivity contribution in [1.29, 1.82) is 0 Å². The molecule has 6 heteroatoms. The molecule has 0 aliphatic carbocycles. The van der Waals surface area contributed by atoms with Crippen molar-refractivity contribution >= 4 is 17.5 Å². The molecule has 0 saturated carbocycles. The van der Waals surface area contributed by atoms with Crippen LogP contribution in [-0.2, 0) is 5.41 Å². The van der Waals surface area contributed by atoms with E-state index in [2.05, 4.69) is 30.9 Å². The van der Waals surface area contributed by atoms with Crippen LogP contribution >= 0.6 is 0 Å². The minimum Gasteiger partial charge on any atom is -0.496 e. The van der Waals surface area contributed by atoms with Gasteiger partial charge in [0.15, 0.2) is 0 Å². The number of rotatable bonds is 2. The van der Waals surface area contributed by atoms with Gasteiger partial charge >= 0.3 is 5.69 Å². The lowest BCUT2D eigenvalue weighted by Crippen LogP contribution is -2.60. The van der Waals surface area contributed by atoms with E-state index < -0.39 is 16.1 Å². The van der Waals surface area contributed by atoms with Crippen molar-refractivity contribution < 1.29 is 14.4 Å². The van der Waals surface area contributed by atoms with Gasteiger partial charge in [-0.05, 0) is 50.1 Å². The molecule has 0 aromatic heterocycles. The van der Waals surface area contributed by atoms with Gasteiger partial charge in [0.1, 0.15) is 5.75 Å². The number of benzene rings is 2. The first-order valence-electron chi connectivity index (χ1n) is 8.81. The molecule has 0 bridgehead atoms. The highest BCUT2D eigenvalue weighted by Gasteiger charge is 2.60. The molecule has 1 spiro atoms.